The molecule has 0 aliphatic carbocycles. The van der Waals surface area contributed by atoms with Crippen LogP contribution in [0.4, 0.5) is 0 Å². The van der Waals surface area contributed by atoms with Gasteiger partial charge in [-0.05, 0) is 30.0 Å². The van der Waals surface area contributed by atoms with Crippen LogP contribution >= 0.6 is 0 Å². The molecule has 0 saturated carbocycles. The summed E-state index contributed by atoms with van der Waals surface area (Å²) in [6.45, 7) is 5.53. The molecule has 2 aromatic rings. The van der Waals surface area contributed by atoms with Crippen LogP contribution in [0.2, 0.25) is 0 Å². The lowest BCUT2D eigenvalue weighted by molar-refractivity contribution is 0.198. The highest BCUT2D eigenvalue weighted by atomic mass is 16.5. The van der Waals surface area contributed by atoms with Crippen LogP contribution in [-0.2, 0) is 0 Å². The number of ether oxygens (including phenoxy) is 1. The summed E-state index contributed by atoms with van der Waals surface area (Å²) in [5.41, 5.74) is 1.41. The largest absolute Gasteiger partial charge is 0.489 e. The van der Waals surface area contributed by atoms with Crippen molar-refractivity contribution in [2.45, 2.75) is 25.4 Å². The molecule has 2 atom stereocenters. The minimum absolute atomic E-state index is 0.301. The second kappa shape index (κ2) is 6.72. The van der Waals surface area contributed by atoms with Gasteiger partial charge in [-0.1, -0.05) is 37.3 Å². The number of hydrogen-bond acceptors (Lipinski definition) is 3. The van der Waals surface area contributed by atoms with Gasteiger partial charge in [-0.15, -0.1) is 0 Å². The van der Waals surface area contributed by atoms with E-state index in [9.17, 15) is 0 Å². The Hall–Kier alpha value is -1.87. The van der Waals surface area contributed by atoms with E-state index in [4.69, 9.17) is 4.74 Å². The molecule has 3 heteroatoms. The van der Waals surface area contributed by atoms with Crippen LogP contribution in [0, 0.1) is 0 Å². The van der Waals surface area contributed by atoms with Crippen molar-refractivity contribution in [2.75, 3.05) is 19.6 Å². The van der Waals surface area contributed by atoms with E-state index >= 15 is 0 Å². The van der Waals surface area contributed by atoms with E-state index in [1.807, 2.05) is 12.1 Å². The quantitative estimate of drug-likeness (QED) is 0.841. The first kappa shape index (κ1) is 14.1. The Kier molecular flexibility index (Phi) is 4.51. The van der Waals surface area contributed by atoms with Crippen LogP contribution in [0.3, 0.4) is 0 Å². The number of nitrogens with zero attached hydrogens (tertiary/aromatic N) is 2. The second-order valence-electron chi connectivity index (χ2n) is 5.78. The Morgan fingerprint density at radius 3 is 2.71 bits per heavy atom. The van der Waals surface area contributed by atoms with Crippen LogP contribution in [0.15, 0.2) is 54.9 Å². The van der Waals surface area contributed by atoms with Gasteiger partial charge in [0, 0.05) is 32.0 Å². The number of aromatic nitrogens is 1. The Balaban J connectivity index is 1.51. The Morgan fingerprint density at radius 1 is 1.19 bits per heavy atom. The van der Waals surface area contributed by atoms with Gasteiger partial charge in [0.1, 0.15) is 11.9 Å². The first-order valence-corrected chi connectivity index (χ1v) is 7.65. The smallest absolute Gasteiger partial charge is 0.122 e. The fourth-order valence-corrected chi connectivity index (χ4v) is 2.94. The number of hydrogen-bond donors (Lipinski definition) is 0. The molecule has 2 heterocycles. The van der Waals surface area contributed by atoms with Crippen molar-refractivity contribution >= 4 is 0 Å². The number of benzene rings is 1. The minimum atomic E-state index is 0.301. The molecule has 1 fully saturated rings. The predicted molar refractivity (Wildman–Crippen MR) is 84.6 cm³/mol. The van der Waals surface area contributed by atoms with Gasteiger partial charge >= 0.3 is 0 Å². The molecule has 3 rings (SSSR count). The van der Waals surface area contributed by atoms with Gasteiger partial charge in [0.25, 0.3) is 0 Å². The lowest BCUT2D eigenvalue weighted by atomic mass is 10.0. The molecule has 1 aliphatic heterocycles. The summed E-state index contributed by atoms with van der Waals surface area (Å²) in [6.07, 6.45) is 4.96. The third-order valence-corrected chi connectivity index (χ3v) is 4.08. The van der Waals surface area contributed by atoms with Crippen LogP contribution in [-0.4, -0.2) is 35.6 Å². The van der Waals surface area contributed by atoms with E-state index in [1.165, 1.54) is 5.56 Å². The second-order valence-corrected chi connectivity index (χ2v) is 5.78. The molecule has 0 spiro atoms. The molecule has 1 aromatic heterocycles. The third kappa shape index (κ3) is 3.82. The Morgan fingerprint density at radius 2 is 1.95 bits per heavy atom. The van der Waals surface area contributed by atoms with Gasteiger partial charge in [0.05, 0.1) is 0 Å². The average molecular weight is 282 g/mol. The highest BCUT2D eigenvalue weighted by molar-refractivity contribution is 5.19. The van der Waals surface area contributed by atoms with Gasteiger partial charge < -0.3 is 4.74 Å². The molecule has 1 aliphatic rings. The van der Waals surface area contributed by atoms with Crippen LogP contribution in [0.25, 0.3) is 0 Å². The maximum Gasteiger partial charge on any atom is 0.122 e. The van der Waals surface area contributed by atoms with E-state index in [-0.39, 0.29) is 0 Å². The van der Waals surface area contributed by atoms with Crippen LogP contribution < -0.4 is 4.74 Å². The molecule has 0 unspecified atom stereocenters. The summed E-state index contributed by atoms with van der Waals surface area (Å²) in [5.74, 6) is 1.49. The number of rotatable bonds is 5. The zero-order chi connectivity index (χ0) is 14.5. The van der Waals surface area contributed by atoms with Crippen molar-refractivity contribution in [3.8, 4) is 5.75 Å². The summed E-state index contributed by atoms with van der Waals surface area (Å²) >= 11 is 0. The highest BCUT2D eigenvalue weighted by Crippen LogP contribution is 2.21. The predicted octanol–water partition coefficient (Wildman–Crippen LogP) is 3.34. The minimum Gasteiger partial charge on any atom is -0.489 e. The van der Waals surface area contributed by atoms with Crippen molar-refractivity contribution in [2.24, 2.45) is 0 Å². The lowest BCUT2D eigenvalue weighted by Gasteiger charge is -2.21. The van der Waals surface area contributed by atoms with E-state index in [0.717, 1.165) is 31.8 Å². The van der Waals surface area contributed by atoms with Crippen molar-refractivity contribution in [3.05, 3.63) is 60.4 Å². The molecule has 1 aromatic carbocycles. The molecular weight excluding hydrogens is 260 g/mol. The van der Waals surface area contributed by atoms with Crippen LogP contribution in [0.5, 0.6) is 5.75 Å². The maximum atomic E-state index is 6.01. The number of likely N-dealkylation sites (tertiary alicyclic amines) is 1. The van der Waals surface area contributed by atoms with Crippen molar-refractivity contribution in [1.29, 1.82) is 0 Å². The van der Waals surface area contributed by atoms with Gasteiger partial charge in [-0.25, -0.2) is 0 Å². The van der Waals surface area contributed by atoms with Gasteiger partial charge in [-0.3, -0.25) is 9.88 Å². The number of pyridine rings is 1. The zero-order valence-electron chi connectivity index (χ0n) is 12.5. The van der Waals surface area contributed by atoms with E-state index in [2.05, 4.69) is 47.1 Å². The van der Waals surface area contributed by atoms with Gasteiger partial charge in [-0.2, -0.15) is 0 Å². The van der Waals surface area contributed by atoms with Crippen molar-refractivity contribution < 1.29 is 4.74 Å². The first-order valence-electron chi connectivity index (χ1n) is 7.65. The summed E-state index contributed by atoms with van der Waals surface area (Å²) in [4.78, 5) is 6.52. The molecule has 1 saturated heterocycles. The summed E-state index contributed by atoms with van der Waals surface area (Å²) in [5, 5.41) is 0. The SMILES string of the molecule is C[C@@H](CN1CC[C@H](Oc2ccncc2)C1)c1ccccc1. The van der Waals surface area contributed by atoms with Crippen molar-refractivity contribution in [3.63, 3.8) is 0 Å². The standard InChI is InChI=1S/C18H22N2O/c1-15(16-5-3-2-4-6-16)13-20-12-9-18(14-20)21-17-7-10-19-11-8-17/h2-8,10-11,15,18H,9,12-14H2,1H3/t15-,18-/m0/s1. The topological polar surface area (TPSA) is 25.4 Å². The molecule has 21 heavy (non-hydrogen) atoms. The molecule has 3 nitrogen and oxygen atoms in total. The molecule has 0 amide bonds. The Bertz CT molecular complexity index is 544. The fourth-order valence-electron chi connectivity index (χ4n) is 2.94. The molecule has 0 N–H and O–H groups in total. The van der Waals surface area contributed by atoms with E-state index in [1.54, 1.807) is 12.4 Å². The van der Waals surface area contributed by atoms with E-state index < -0.39 is 0 Å². The summed E-state index contributed by atoms with van der Waals surface area (Å²) in [6, 6.07) is 14.6. The summed E-state index contributed by atoms with van der Waals surface area (Å²) < 4.78 is 6.01. The van der Waals surface area contributed by atoms with E-state index in [0.29, 0.717) is 12.0 Å². The van der Waals surface area contributed by atoms with Gasteiger partial charge in [0.15, 0.2) is 0 Å². The van der Waals surface area contributed by atoms with Crippen molar-refractivity contribution in [1.82, 2.24) is 9.88 Å². The third-order valence-electron chi connectivity index (χ3n) is 4.08. The lowest BCUT2D eigenvalue weighted by Crippen LogP contribution is -2.28. The fraction of sp³-hybridized carbons (Fsp3) is 0.389. The highest BCUT2D eigenvalue weighted by Gasteiger charge is 2.25. The summed E-state index contributed by atoms with van der Waals surface area (Å²) in [7, 11) is 0. The maximum absolute atomic E-state index is 6.01. The Labute approximate surface area is 126 Å². The molecule has 110 valence electrons. The molecular formula is C18H22N2O. The van der Waals surface area contributed by atoms with Gasteiger partial charge in [0.2, 0.25) is 0 Å². The van der Waals surface area contributed by atoms with Crippen LogP contribution in [0.1, 0.15) is 24.8 Å². The molecule has 0 radical (unpaired) electrons. The zero-order valence-corrected chi connectivity index (χ0v) is 12.5. The molecule has 0 bridgehead atoms. The first-order chi connectivity index (χ1) is 10.3. The average Bonchev–Trinajstić information content (AvgIpc) is 2.96. The monoisotopic (exact) mass is 282 g/mol. The normalized spacial score (nSPS) is 20.3.